The highest BCUT2D eigenvalue weighted by Gasteiger charge is 2.26. The number of rotatable bonds is 4. The molecule has 0 saturated carbocycles. The molecule has 0 radical (unpaired) electrons. The minimum atomic E-state index is -1.81. The fourth-order valence-corrected chi connectivity index (χ4v) is 5.48. The van der Waals surface area contributed by atoms with Gasteiger partial charge in [-0.25, -0.2) is 9.97 Å². The fourth-order valence-electron chi connectivity index (χ4n) is 3.10. The summed E-state index contributed by atoms with van der Waals surface area (Å²) in [6, 6.07) is 17.6. The van der Waals surface area contributed by atoms with Crippen LogP contribution in [0, 0.1) is 0 Å². The standard InChI is InChI=1S/C20H20N4Si/c1-25(2,19-7-3-5-17(13-19)23-11-9-21-15-23)20-8-4-6-18(14-20)24-12-10-22-16-24/h3-16H,1-2H3. The lowest BCUT2D eigenvalue weighted by molar-refractivity contribution is 1.06. The van der Waals surface area contributed by atoms with Crippen molar-refractivity contribution >= 4 is 18.4 Å². The number of hydrogen-bond donors (Lipinski definition) is 0. The van der Waals surface area contributed by atoms with Crippen LogP contribution in [0.4, 0.5) is 0 Å². The zero-order valence-electron chi connectivity index (χ0n) is 14.4. The van der Waals surface area contributed by atoms with Gasteiger partial charge in [-0.2, -0.15) is 0 Å². The van der Waals surface area contributed by atoms with Gasteiger partial charge in [0, 0.05) is 36.2 Å². The molecule has 0 aliphatic carbocycles. The zero-order chi connectivity index (χ0) is 17.3. The summed E-state index contributed by atoms with van der Waals surface area (Å²) in [6.45, 7) is 4.79. The largest absolute Gasteiger partial charge is 0.306 e. The van der Waals surface area contributed by atoms with Gasteiger partial charge in [0.05, 0.1) is 12.7 Å². The third-order valence-electron chi connectivity index (χ3n) is 4.74. The highest BCUT2D eigenvalue weighted by Crippen LogP contribution is 2.12. The van der Waals surface area contributed by atoms with Gasteiger partial charge in [0.2, 0.25) is 0 Å². The third-order valence-corrected chi connectivity index (χ3v) is 8.25. The first-order valence-corrected chi connectivity index (χ1v) is 11.3. The van der Waals surface area contributed by atoms with E-state index in [4.69, 9.17) is 0 Å². The van der Waals surface area contributed by atoms with E-state index in [9.17, 15) is 0 Å². The smallest absolute Gasteiger partial charge is 0.112 e. The second-order valence-electron chi connectivity index (χ2n) is 6.67. The van der Waals surface area contributed by atoms with E-state index in [1.807, 2.05) is 37.4 Å². The number of nitrogens with zero attached hydrogens (tertiary/aromatic N) is 4. The minimum absolute atomic E-state index is 1.15. The monoisotopic (exact) mass is 344 g/mol. The van der Waals surface area contributed by atoms with E-state index in [-0.39, 0.29) is 0 Å². The van der Waals surface area contributed by atoms with Gasteiger partial charge in [0.25, 0.3) is 0 Å². The molecule has 4 rings (SSSR count). The van der Waals surface area contributed by atoms with Gasteiger partial charge < -0.3 is 9.13 Å². The summed E-state index contributed by atoms with van der Waals surface area (Å²) in [5, 5.41) is 2.81. The summed E-state index contributed by atoms with van der Waals surface area (Å²) in [7, 11) is -1.81. The van der Waals surface area contributed by atoms with E-state index >= 15 is 0 Å². The summed E-state index contributed by atoms with van der Waals surface area (Å²) in [6.07, 6.45) is 11.3. The predicted octanol–water partition coefficient (Wildman–Crippen LogP) is 2.88. The van der Waals surface area contributed by atoms with Crippen LogP contribution in [0.1, 0.15) is 0 Å². The van der Waals surface area contributed by atoms with Crippen molar-refractivity contribution in [2.75, 3.05) is 0 Å². The molecule has 25 heavy (non-hydrogen) atoms. The highest BCUT2D eigenvalue weighted by molar-refractivity contribution is 7.00. The molecule has 124 valence electrons. The number of imidazole rings is 2. The molecule has 2 heterocycles. The van der Waals surface area contributed by atoms with E-state index in [1.54, 1.807) is 0 Å². The molecule has 0 fully saturated rings. The average molecular weight is 344 g/mol. The zero-order valence-corrected chi connectivity index (χ0v) is 15.4. The van der Waals surface area contributed by atoms with Gasteiger partial charge in [0.15, 0.2) is 0 Å². The molecule has 4 aromatic rings. The maximum Gasteiger partial charge on any atom is 0.112 e. The van der Waals surface area contributed by atoms with Gasteiger partial charge in [-0.3, -0.25) is 0 Å². The van der Waals surface area contributed by atoms with Gasteiger partial charge >= 0.3 is 0 Å². The molecule has 5 heteroatoms. The van der Waals surface area contributed by atoms with E-state index in [2.05, 4.69) is 80.7 Å². The van der Waals surface area contributed by atoms with Crippen LogP contribution >= 0.6 is 0 Å². The van der Waals surface area contributed by atoms with Gasteiger partial charge in [-0.1, -0.05) is 47.7 Å². The Morgan fingerprint density at radius 1 is 0.720 bits per heavy atom. The van der Waals surface area contributed by atoms with E-state index < -0.39 is 8.07 Å². The predicted molar refractivity (Wildman–Crippen MR) is 104 cm³/mol. The Bertz CT molecular complexity index is 893. The molecule has 2 aromatic carbocycles. The molecule has 0 bridgehead atoms. The first-order valence-electron chi connectivity index (χ1n) is 8.32. The first kappa shape index (κ1) is 15.6. The van der Waals surface area contributed by atoms with Crippen molar-refractivity contribution in [3.05, 3.63) is 86.0 Å². The van der Waals surface area contributed by atoms with Crippen molar-refractivity contribution < 1.29 is 0 Å². The summed E-state index contributed by atoms with van der Waals surface area (Å²) < 4.78 is 4.10. The van der Waals surface area contributed by atoms with Crippen LogP contribution < -0.4 is 10.4 Å². The topological polar surface area (TPSA) is 35.6 Å². The SMILES string of the molecule is C[Si](C)(c1cccc(-n2ccnc2)c1)c1cccc(-n2ccnc2)c1. The lowest BCUT2D eigenvalue weighted by Gasteiger charge is -2.25. The molecule has 0 N–H and O–H groups in total. The second-order valence-corrected chi connectivity index (χ2v) is 11.1. The maximum absolute atomic E-state index is 4.15. The first-order chi connectivity index (χ1) is 12.1. The van der Waals surface area contributed by atoms with Crippen LogP contribution in [0.25, 0.3) is 11.4 Å². The minimum Gasteiger partial charge on any atom is -0.306 e. The molecule has 2 aromatic heterocycles. The summed E-state index contributed by atoms with van der Waals surface area (Å²) in [4.78, 5) is 8.31. The molecule has 0 aliphatic heterocycles. The average Bonchev–Trinajstić information content (AvgIpc) is 3.36. The van der Waals surface area contributed by atoms with E-state index in [0.717, 1.165) is 11.4 Å². The Morgan fingerprint density at radius 3 is 1.60 bits per heavy atom. The lowest BCUT2D eigenvalue weighted by atomic mass is 10.3. The van der Waals surface area contributed by atoms with Crippen molar-refractivity contribution in [2.24, 2.45) is 0 Å². The Labute approximate surface area is 148 Å². The van der Waals surface area contributed by atoms with Gasteiger partial charge in [-0.15, -0.1) is 0 Å². The Hall–Kier alpha value is -2.92. The number of hydrogen-bond acceptors (Lipinski definition) is 2. The molecule has 0 saturated heterocycles. The Kier molecular flexibility index (Phi) is 3.86. The van der Waals surface area contributed by atoms with Crippen molar-refractivity contribution in [1.82, 2.24) is 19.1 Å². The van der Waals surface area contributed by atoms with Crippen LogP contribution in [-0.2, 0) is 0 Å². The lowest BCUT2D eigenvalue weighted by Crippen LogP contribution is -2.53. The Morgan fingerprint density at radius 2 is 1.20 bits per heavy atom. The van der Waals surface area contributed by atoms with Crippen LogP contribution in [0.5, 0.6) is 0 Å². The molecular weight excluding hydrogens is 324 g/mol. The quantitative estimate of drug-likeness (QED) is 0.534. The van der Waals surface area contributed by atoms with Crippen molar-refractivity contribution in [3.63, 3.8) is 0 Å². The summed E-state index contributed by atoms with van der Waals surface area (Å²) >= 11 is 0. The van der Waals surface area contributed by atoms with Gasteiger partial charge in [0.1, 0.15) is 8.07 Å². The van der Waals surface area contributed by atoms with E-state index in [1.165, 1.54) is 10.4 Å². The summed E-state index contributed by atoms with van der Waals surface area (Å²) in [5.41, 5.74) is 2.31. The molecule has 4 nitrogen and oxygen atoms in total. The van der Waals surface area contributed by atoms with Crippen LogP contribution in [0.3, 0.4) is 0 Å². The van der Waals surface area contributed by atoms with Crippen LogP contribution in [0.15, 0.2) is 86.0 Å². The molecule has 0 amide bonds. The normalized spacial score (nSPS) is 11.6. The molecular formula is C20H20N4Si. The van der Waals surface area contributed by atoms with Gasteiger partial charge in [-0.05, 0) is 24.3 Å². The maximum atomic E-state index is 4.15. The second kappa shape index (κ2) is 6.18. The third kappa shape index (κ3) is 2.94. The van der Waals surface area contributed by atoms with Crippen molar-refractivity contribution in [3.8, 4) is 11.4 Å². The molecule has 0 unspecified atom stereocenters. The number of aromatic nitrogens is 4. The molecule has 0 atom stereocenters. The fraction of sp³-hybridized carbons (Fsp3) is 0.100. The van der Waals surface area contributed by atoms with Crippen LogP contribution in [-0.4, -0.2) is 27.2 Å². The Balaban J connectivity index is 1.75. The molecule has 0 spiro atoms. The molecule has 0 aliphatic rings. The number of benzene rings is 2. The van der Waals surface area contributed by atoms with Crippen molar-refractivity contribution in [2.45, 2.75) is 13.1 Å². The summed E-state index contributed by atoms with van der Waals surface area (Å²) in [5.74, 6) is 0. The highest BCUT2D eigenvalue weighted by atomic mass is 28.3. The van der Waals surface area contributed by atoms with E-state index in [0.29, 0.717) is 0 Å². The van der Waals surface area contributed by atoms with Crippen LogP contribution in [0.2, 0.25) is 13.1 Å². The van der Waals surface area contributed by atoms with Crippen molar-refractivity contribution in [1.29, 1.82) is 0 Å².